The molecule has 0 aromatic heterocycles. The molecule has 4 heteroatoms. The molecule has 0 aliphatic carbocycles. The van der Waals surface area contributed by atoms with E-state index in [4.69, 9.17) is 0 Å². The lowest BCUT2D eigenvalue weighted by Gasteiger charge is -2.32. The Hall–Kier alpha value is -0.740. The van der Waals surface area contributed by atoms with Crippen molar-refractivity contribution in [3.05, 3.63) is 29.6 Å². The Kier molecular flexibility index (Phi) is 5.52. The lowest BCUT2D eigenvalue weighted by atomic mass is 10.0. The first-order valence-corrected chi connectivity index (χ1v) is 8.24. The van der Waals surface area contributed by atoms with Gasteiger partial charge in [-0.2, -0.15) is 11.8 Å². The average molecular weight is 282 g/mol. The summed E-state index contributed by atoms with van der Waals surface area (Å²) in [6.07, 6.45) is 1.09. The van der Waals surface area contributed by atoms with Crippen molar-refractivity contribution in [1.82, 2.24) is 5.32 Å². The lowest BCUT2D eigenvalue weighted by molar-refractivity contribution is 0.559. The smallest absolute Gasteiger partial charge is 0.146 e. The number of halogens is 1. The molecule has 1 heterocycles. The standard InChI is InChI=1S/C15H23FN2S/c1-3-7-17-12(2)13-5-4-6-14(16)15(13)18-8-10-19-11-9-18/h4-6,12,17H,3,7-11H2,1-2H3. The van der Waals surface area contributed by atoms with Crippen LogP contribution in [0.3, 0.4) is 0 Å². The number of hydrogen-bond donors (Lipinski definition) is 1. The summed E-state index contributed by atoms with van der Waals surface area (Å²) in [6, 6.07) is 5.64. The van der Waals surface area contributed by atoms with Crippen LogP contribution in [0.5, 0.6) is 0 Å². The van der Waals surface area contributed by atoms with Gasteiger partial charge in [0.15, 0.2) is 0 Å². The zero-order chi connectivity index (χ0) is 13.7. The number of thioether (sulfide) groups is 1. The van der Waals surface area contributed by atoms with Gasteiger partial charge in [0.05, 0.1) is 5.69 Å². The van der Waals surface area contributed by atoms with Crippen LogP contribution in [0.4, 0.5) is 10.1 Å². The van der Waals surface area contributed by atoms with Gasteiger partial charge in [0, 0.05) is 30.6 Å². The van der Waals surface area contributed by atoms with Gasteiger partial charge >= 0.3 is 0 Å². The number of nitrogens with zero attached hydrogens (tertiary/aromatic N) is 1. The monoisotopic (exact) mass is 282 g/mol. The predicted molar refractivity (Wildman–Crippen MR) is 82.6 cm³/mol. The molecule has 19 heavy (non-hydrogen) atoms. The number of rotatable bonds is 5. The number of benzene rings is 1. The largest absolute Gasteiger partial charge is 0.367 e. The summed E-state index contributed by atoms with van der Waals surface area (Å²) in [4.78, 5) is 2.20. The van der Waals surface area contributed by atoms with E-state index in [-0.39, 0.29) is 11.9 Å². The van der Waals surface area contributed by atoms with Crippen LogP contribution in [-0.2, 0) is 0 Å². The molecule has 2 nitrogen and oxygen atoms in total. The summed E-state index contributed by atoms with van der Waals surface area (Å²) in [5, 5.41) is 3.46. The van der Waals surface area contributed by atoms with Gasteiger partial charge in [0.1, 0.15) is 5.82 Å². The molecule has 0 saturated carbocycles. The van der Waals surface area contributed by atoms with E-state index in [1.807, 2.05) is 23.9 Å². The van der Waals surface area contributed by atoms with Gasteiger partial charge in [-0.15, -0.1) is 0 Å². The fourth-order valence-electron chi connectivity index (χ4n) is 2.47. The van der Waals surface area contributed by atoms with E-state index >= 15 is 0 Å². The first kappa shape index (κ1) is 14.7. The zero-order valence-electron chi connectivity index (χ0n) is 11.8. The lowest BCUT2D eigenvalue weighted by Crippen LogP contribution is -2.35. The Morgan fingerprint density at radius 2 is 2.11 bits per heavy atom. The third kappa shape index (κ3) is 3.63. The molecule has 106 valence electrons. The molecule has 2 rings (SSSR count). The van der Waals surface area contributed by atoms with Crippen LogP contribution < -0.4 is 10.2 Å². The van der Waals surface area contributed by atoms with Crippen molar-refractivity contribution >= 4 is 17.4 Å². The van der Waals surface area contributed by atoms with Gasteiger partial charge in [0.2, 0.25) is 0 Å². The Balaban J connectivity index is 2.24. The second kappa shape index (κ2) is 7.15. The maximum atomic E-state index is 14.2. The molecule has 1 fully saturated rings. The third-order valence-electron chi connectivity index (χ3n) is 3.51. The maximum Gasteiger partial charge on any atom is 0.146 e. The van der Waals surface area contributed by atoms with Crippen LogP contribution in [0.2, 0.25) is 0 Å². The average Bonchev–Trinajstić information content (AvgIpc) is 2.45. The Morgan fingerprint density at radius 1 is 1.37 bits per heavy atom. The van der Waals surface area contributed by atoms with E-state index < -0.39 is 0 Å². The van der Waals surface area contributed by atoms with E-state index in [0.29, 0.717) is 0 Å². The summed E-state index contributed by atoms with van der Waals surface area (Å²) in [5.41, 5.74) is 1.89. The summed E-state index contributed by atoms with van der Waals surface area (Å²) >= 11 is 1.95. The van der Waals surface area contributed by atoms with Crippen molar-refractivity contribution < 1.29 is 4.39 Å². The molecule has 1 aliphatic heterocycles. The van der Waals surface area contributed by atoms with Crippen LogP contribution in [0.25, 0.3) is 0 Å². The molecule has 1 aromatic rings. The highest BCUT2D eigenvalue weighted by atomic mass is 32.2. The topological polar surface area (TPSA) is 15.3 Å². The van der Waals surface area contributed by atoms with Gasteiger partial charge < -0.3 is 10.2 Å². The fraction of sp³-hybridized carbons (Fsp3) is 0.600. The van der Waals surface area contributed by atoms with Crippen LogP contribution in [0.1, 0.15) is 31.9 Å². The van der Waals surface area contributed by atoms with E-state index in [2.05, 4.69) is 24.1 Å². The normalized spacial score (nSPS) is 17.5. The van der Waals surface area contributed by atoms with Gasteiger partial charge in [-0.05, 0) is 31.5 Å². The molecule has 1 aromatic carbocycles. The summed E-state index contributed by atoms with van der Waals surface area (Å²) < 4.78 is 14.2. The fourth-order valence-corrected chi connectivity index (χ4v) is 3.38. The minimum absolute atomic E-state index is 0.0884. The van der Waals surface area contributed by atoms with Crippen molar-refractivity contribution in [3.63, 3.8) is 0 Å². The predicted octanol–water partition coefficient (Wildman–Crippen LogP) is 3.44. The van der Waals surface area contributed by atoms with Gasteiger partial charge in [-0.3, -0.25) is 0 Å². The summed E-state index contributed by atoms with van der Waals surface area (Å²) in [7, 11) is 0. The highest BCUT2D eigenvalue weighted by Gasteiger charge is 2.20. The summed E-state index contributed by atoms with van der Waals surface area (Å²) in [6.45, 7) is 7.12. The second-order valence-electron chi connectivity index (χ2n) is 4.95. The maximum absolute atomic E-state index is 14.2. The van der Waals surface area contributed by atoms with Crippen LogP contribution in [-0.4, -0.2) is 31.1 Å². The van der Waals surface area contributed by atoms with Gasteiger partial charge in [-0.25, -0.2) is 4.39 Å². The number of anilines is 1. The molecule has 1 saturated heterocycles. The van der Waals surface area contributed by atoms with Crippen LogP contribution >= 0.6 is 11.8 Å². The first-order chi connectivity index (χ1) is 9.24. The van der Waals surface area contributed by atoms with E-state index in [1.54, 1.807) is 6.07 Å². The van der Waals surface area contributed by atoms with E-state index in [0.717, 1.165) is 48.8 Å². The molecule has 0 bridgehead atoms. The number of nitrogens with one attached hydrogen (secondary N) is 1. The molecule has 1 atom stereocenters. The van der Waals surface area contributed by atoms with Crippen LogP contribution in [0, 0.1) is 5.82 Å². The van der Waals surface area contributed by atoms with Gasteiger partial charge in [-0.1, -0.05) is 19.1 Å². The third-order valence-corrected chi connectivity index (χ3v) is 4.45. The SMILES string of the molecule is CCCNC(C)c1cccc(F)c1N1CCSCC1. The first-order valence-electron chi connectivity index (χ1n) is 7.08. The molecule has 0 spiro atoms. The van der Waals surface area contributed by atoms with Crippen molar-refractivity contribution in [2.24, 2.45) is 0 Å². The molecule has 1 unspecified atom stereocenters. The van der Waals surface area contributed by atoms with Crippen molar-refractivity contribution in [2.45, 2.75) is 26.3 Å². The Morgan fingerprint density at radius 3 is 2.79 bits per heavy atom. The van der Waals surface area contributed by atoms with Crippen molar-refractivity contribution in [3.8, 4) is 0 Å². The molecular formula is C15H23FN2S. The highest BCUT2D eigenvalue weighted by Crippen LogP contribution is 2.31. The molecular weight excluding hydrogens is 259 g/mol. The van der Waals surface area contributed by atoms with Crippen molar-refractivity contribution in [1.29, 1.82) is 0 Å². The molecule has 0 radical (unpaired) electrons. The number of hydrogen-bond acceptors (Lipinski definition) is 3. The zero-order valence-corrected chi connectivity index (χ0v) is 12.6. The van der Waals surface area contributed by atoms with Crippen molar-refractivity contribution in [2.75, 3.05) is 36.0 Å². The number of para-hydroxylation sites is 1. The second-order valence-corrected chi connectivity index (χ2v) is 6.18. The minimum atomic E-state index is -0.0884. The quantitative estimate of drug-likeness (QED) is 0.890. The van der Waals surface area contributed by atoms with E-state index in [1.165, 1.54) is 0 Å². The Labute approximate surface area is 119 Å². The molecule has 0 amide bonds. The van der Waals surface area contributed by atoms with E-state index in [9.17, 15) is 4.39 Å². The summed E-state index contributed by atoms with van der Waals surface area (Å²) in [5.74, 6) is 2.09. The minimum Gasteiger partial charge on any atom is -0.367 e. The highest BCUT2D eigenvalue weighted by molar-refractivity contribution is 7.99. The molecule has 1 N–H and O–H groups in total. The van der Waals surface area contributed by atoms with Gasteiger partial charge in [0.25, 0.3) is 0 Å². The molecule has 1 aliphatic rings. The van der Waals surface area contributed by atoms with Crippen LogP contribution in [0.15, 0.2) is 18.2 Å². The Bertz CT molecular complexity index is 405.